The predicted molar refractivity (Wildman–Crippen MR) is 84.2 cm³/mol. The number of carbonyl (C=O) groups excluding carboxylic acids is 1. The fourth-order valence-electron chi connectivity index (χ4n) is 3.44. The number of amides is 1. The van der Waals surface area contributed by atoms with Crippen molar-refractivity contribution in [2.75, 3.05) is 26.3 Å². The Balaban J connectivity index is 1.45. The van der Waals surface area contributed by atoms with Gasteiger partial charge in [-0.1, -0.05) is 6.07 Å². The minimum atomic E-state index is -0.0786. The zero-order chi connectivity index (χ0) is 15.8. The summed E-state index contributed by atoms with van der Waals surface area (Å²) in [5, 5.41) is 0. The van der Waals surface area contributed by atoms with Gasteiger partial charge in [0.15, 0.2) is 6.29 Å². The summed E-state index contributed by atoms with van der Waals surface area (Å²) in [7, 11) is 0. The van der Waals surface area contributed by atoms with Crippen molar-refractivity contribution >= 4 is 11.6 Å². The number of carbonyl (C=O) groups is 1. The zero-order valence-corrected chi connectivity index (χ0v) is 13.3. The van der Waals surface area contributed by atoms with Gasteiger partial charge in [0.1, 0.15) is 11.3 Å². The first kappa shape index (κ1) is 14.7. The topological polar surface area (TPSA) is 56.1 Å². The second-order valence-corrected chi connectivity index (χ2v) is 6.26. The number of aryl methyl sites for hydroxylation is 1. The average Bonchev–Trinajstić information content (AvgIpc) is 3.24. The van der Waals surface area contributed by atoms with Crippen LogP contribution in [-0.4, -0.2) is 52.8 Å². The van der Waals surface area contributed by atoms with Gasteiger partial charge in [0.25, 0.3) is 5.91 Å². The lowest BCUT2D eigenvalue weighted by molar-refractivity contribution is -0.0956. The number of rotatable bonds is 2. The molecule has 2 aromatic heterocycles. The van der Waals surface area contributed by atoms with Gasteiger partial charge in [-0.3, -0.25) is 4.79 Å². The summed E-state index contributed by atoms with van der Waals surface area (Å²) >= 11 is 0. The van der Waals surface area contributed by atoms with Crippen LogP contribution in [0.15, 0.2) is 24.4 Å². The molecule has 1 amide bonds. The minimum Gasteiger partial charge on any atom is -0.350 e. The van der Waals surface area contributed by atoms with Crippen LogP contribution in [0.25, 0.3) is 5.65 Å². The average molecular weight is 315 g/mol. The van der Waals surface area contributed by atoms with Gasteiger partial charge < -0.3 is 18.8 Å². The highest BCUT2D eigenvalue weighted by Crippen LogP contribution is 2.26. The third-order valence-electron chi connectivity index (χ3n) is 4.77. The number of likely N-dealkylation sites (tertiary alicyclic amines) is 1. The highest BCUT2D eigenvalue weighted by molar-refractivity contribution is 5.93. The van der Waals surface area contributed by atoms with Crippen molar-refractivity contribution in [1.29, 1.82) is 0 Å². The van der Waals surface area contributed by atoms with Crippen molar-refractivity contribution in [3.8, 4) is 0 Å². The molecule has 6 heteroatoms. The van der Waals surface area contributed by atoms with Crippen LogP contribution in [0.3, 0.4) is 0 Å². The fourth-order valence-corrected chi connectivity index (χ4v) is 3.44. The van der Waals surface area contributed by atoms with Gasteiger partial charge in [-0.2, -0.15) is 0 Å². The molecule has 4 heterocycles. The van der Waals surface area contributed by atoms with Crippen molar-refractivity contribution in [3.63, 3.8) is 0 Å². The lowest BCUT2D eigenvalue weighted by atomic mass is 9.96. The van der Waals surface area contributed by atoms with Gasteiger partial charge in [0, 0.05) is 30.9 Å². The van der Waals surface area contributed by atoms with Crippen LogP contribution in [0.1, 0.15) is 29.0 Å². The van der Waals surface area contributed by atoms with Crippen molar-refractivity contribution in [3.05, 3.63) is 35.8 Å². The van der Waals surface area contributed by atoms with E-state index in [4.69, 9.17) is 9.47 Å². The van der Waals surface area contributed by atoms with Crippen LogP contribution < -0.4 is 0 Å². The molecule has 2 aliphatic heterocycles. The summed E-state index contributed by atoms with van der Waals surface area (Å²) in [5.41, 5.74) is 2.41. The van der Waals surface area contributed by atoms with Gasteiger partial charge in [-0.15, -0.1) is 0 Å². The van der Waals surface area contributed by atoms with E-state index in [1.807, 2.05) is 40.6 Å². The largest absolute Gasteiger partial charge is 0.350 e. The van der Waals surface area contributed by atoms with E-state index in [-0.39, 0.29) is 12.2 Å². The molecule has 6 nitrogen and oxygen atoms in total. The summed E-state index contributed by atoms with van der Waals surface area (Å²) in [4.78, 5) is 19.1. The molecule has 0 radical (unpaired) electrons. The molecule has 0 spiro atoms. The Hall–Kier alpha value is -1.92. The van der Waals surface area contributed by atoms with E-state index in [9.17, 15) is 4.79 Å². The van der Waals surface area contributed by atoms with Crippen LogP contribution in [0.5, 0.6) is 0 Å². The minimum absolute atomic E-state index is 0.0137. The fraction of sp³-hybridized carbons (Fsp3) is 0.529. The van der Waals surface area contributed by atoms with Crippen LogP contribution in [0.4, 0.5) is 0 Å². The maximum atomic E-state index is 12.7. The predicted octanol–water partition coefficient (Wildman–Crippen LogP) is 1.87. The second-order valence-electron chi connectivity index (χ2n) is 6.26. The van der Waals surface area contributed by atoms with E-state index in [0.29, 0.717) is 24.8 Å². The third-order valence-corrected chi connectivity index (χ3v) is 4.77. The van der Waals surface area contributed by atoms with Crippen molar-refractivity contribution in [2.24, 2.45) is 5.92 Å². The molecular weight excluding hydrogens is 294 g/mol. The maximum Gasteiger partial charge on any atom is 0.274 e. The first-order chi connectivity index (χ1) is 11.2. The number of imidazole rings is 1. The van der Waals surface area contributed by atoms with Crippen LogP contribution in [0.2, 0.25) is 0 Å². The Kier molecular flexibility index (Phi) is 3.79. The monoisotopic (exact) mass is 315 g/mol. The molecule has 0 N–H and O–H groups in total. The normalized spacial score (nSPS) is 20.5. The van der Waals surface area contributed by atoms with Crippen molar-refractivity contribution in [2.45, 2.75) is 26.1 Å². The number of nitrogens with zero attached hydrogens (tertiary/aromatic N) is 3. The summed E-state index contributed by atoms with van der Waals surface area (Å²) < 4.78 is 13.1. The van der Waals surface area contributed by atoms with Crippen molar-refractivity contribution in [1.82, 2.24) is 14.3 Å². The molecule has 0 aromatic carbocycles. The molecule has 0 unspecified atom stereocenters. The van der Waals surface area contributed by atoms with E-state index in [1.165, 1.54) is 0 Å². The molecule has 0 bridgehead atoms. The van der Waals surface area contributed by atoms with Crippen LogP contribution in [0, 0.1) is 12.8 Å². The third kappa shape index (κ3) is 2.72. The molecule has 2 fully saturated rings. The molecule has 0 atom stereocenters. The maximum absolute atomic E-state index is 12.7. The molecule has 2 aliphatic rings. The zero-order valence-electron chi connectivity index (χ0n) is 13.3. The molecular formula is C17H21N3O3. The molecule has 2 saturated heterocycles. The Bertz CT molecular complexity index is 713. The van der Waals surface area contributed by atoms with E-state index in [2.05, 4.69) is 4.98 Å². The smallest absolute Gasteiger partial charge is 0.274 e. The molecule has 122 valence electrons. The summed E-state index contributed by atoms with van der Waals surface area (Å²) in [6.07, 6.45) is 3.60. The number of aromatic nitrogens is 2. The number of pyridine rings is 1. The lowest BCUT2D eigenvalue weighted by Gasteiger charge is -2.33. The second kappa shape index (κ2) is 5.94. The number of hydrogen-bond acceptors (Lipinski definition) is 4. The Morgan fingerprint density at radius 3 is 2.65 bits per heavy atom. The number of hydrogen-bond donors (Lipinski definition) is 0. The van der Waals surface area contributed by atoms with Crippen molar-refractivity contribution < 1.29 is 14.3 Å². The lowest BCUT2D eigenvalue weighted by Crippen LogP contribution is -2.41. The summed E-state index contributed by atoms with van der Waals surface area (Å²) in [5.74, 6) is 0.407. The van der Waals surface area contributed by atoms with Gasteiger partial charge >= 0.3 is 0 Å². The van der Waals surface area contributed by atoms with Gasteiger partial charge in [0.05, 0.1) is 13.2 Å². The summed E-state index contributed by atoms with van der Waals surface area (Å²) in [6, 6.07) is 5.89. The molecule has 23 heavy (non-hydrogen) atoms. The van der Waals surface area contributed by atoms with Gasteiger partial charge in [-0.05, 0) is 31.9 Å². The first-order valence-corrected chi connectivity index (χ1v) is 8.19. The number of fused-ring (bicyclic) bond motifs is 1. The Labute approximate surface area is 135 Å². The van der Waals surface area contributed by atoms with Crippen LogP contribution >= 0.6 is 0 Å². The van der Waals surface area contributed by atoms with E-state index in [0.717, 1.165) is 37.3 Å². The highest BCUT2D eigenvalue weighted by Gasteiger charge is 2.32. The summed E-state index contributed by atoms with van der Waals surface area (Å²) in [6.45, 7) is 4.85. The SMILES string of the molecule is Cc1cccc2nc(C(=O)N3CCC(C4OCCO4)CC3)cn12. The van der Waals surface area contributed by atoms with E-state index >= 15 is 0 Å². The number of piperidine rings is 1. The molecule has 0 aliphatic carbocycles. The van der Waals surface area contributed by atoms with E-state index < -0.39 is 0 Å². The molecule has 0 saturated carbocycles. The van der Waals surface area contributed by atoms with Gasteiger partial charge in [-0.25, -0.2) is 4.98 Å². The van der Waals surface area contributed by atoms with Gasteiger partial charge in [0.2, 0.25) is 0 Å². The van der Waals surface area contributed by atoms with E-state index in [1.54, 1.807) is 0 Å². The molecule has 4 rings (SSSR count). The molecule has 2 aromatic rings. The quantitative estimate of drug-likeness (QED) is 0.849. The standard InChI is InChI=1S/C17H21N3O3/c1-12-3-2-4-15-18-14(11-20(12)15)16(21)19-7-5-13(6-8-19)17-22-9-10-23-17/h2-4,11,13,17H,5-10H2,1H3. The first-order valence-electron chi connectivity index (χ1n) is 8.19. The van der Waals surface area contributed by atoms with Crippen LogP contribution in [-0.2, 0) is 9.47 Å². The number of ether oxygens (including phenoxy) is 2. The Morgan fingerprint density at radius 1 is 1.22 bits per heavy atom. The highest BCUT2D eigenvalue weighted by atomic mass is 16.7. The Morgan fingerprint density at radius 2 is 1.96 bits per heavy atom.